The standard InChI is InChI=1S/C11H15NO4/c1-3-5-11(2,10(14)15)12-9(13)8-4-6-16-7-8/h4,6-7H,3,5H2,1-2H3,(H,12,13)(H,14,15)/t11-/m0/s1. The van der Waals surface area contributed by atoms with E-state index in [1.54, 1.807) is 0 Å². The number of rotatable bonds is 5. The Morgan fingerprint density at radius 2 is 2.25 bits per heavy atom. The molecule has 0 aliphatic rings. The van der Waals surface area contributed by atoms with E-state index in [-0.39, 0.29) is 0 Å². The number of hydrogen-bond donors (Lipinski definition) is 2. The maximum absolute atomic E-state index is 11.7. The summed E-state index contributed by atoms with van der Waals surface area (Å²) >= 11 is 0. The molecule has 0 saturated carbocycles. The van der Waals surface area contributed by atoms with Crippen molar-refractivity contribution in [3.63, 3.8) is 0 Å². The molecule has 1 aromatic heterocycles. The molecule has 1 atom stereocenters. The number of hydrogen-bond acceptors (Lipinski definition) is 3. The molecule has 0 bridgehead atoms. The van der Waals surface area contributed by atoms with E-state index >= 15 is 0 Å². The molecular weight excluding hydrogens is 210 g/mol. The van der Waals surface area contributed by atoms with Gasteiger partial charge in [0.1, 0.15) is 11.8 Å². The Bertz CT molecular complexity index is 371. The molecular formula is C11H15NO4. The van der Waals surface area contributed by atoms with Gasteiger partial charge in [0.2, 0.25) is 0 Å². The van der Waals surface area contributed by atoms with Gasteiger partial charge in [-0.05, 0) is 19.4 Å². The zero-order chi connectivity index (χ0) is 12.2. The number of carboxylic acid groups (broad SMARTS) is 1. The number of aliphatic carboxylic acids is 1. The summed E-state index contributed by atoms with van der Waals surface area (Å²) in [5.41, 5.74) is -0.910. The van der Waals surface area contributed by atoms with E-state index < -0.39 is 17.4 Å². The minimum absolute atomic E-state index is 0.323. The van der Waals surface area contributed by atoms with E-state index in [0.29, 0.717) is 18.4 Å². The van der Waals surface area contributed by atoms with Gasteiger partial charge in [0.05, 0.1) is 11.8 Å². The minimum Gasteiger partial charge on any atom is -0.480 e. The molecule has 5 heteroatoms. The average molecular weight is 225 g/mol. The molecule has 0 unspecified atom stereocenters. The number of furan rings is 1. The van der Waals surface area contributed by atoms with Gasteiger partial charge >= 0.3 is 5.97 Å². The van der Waals surface area contributed by atoms with Gasteiger partial charge < -0.3 is 14.8 Å². The minimum atomic E-state index is -1.23. The molecule has 1 heterocycles. The Kier molecular flexibility index (Phi) is 3.71. The second-order valence-electron chi connectivity index (χ2n) is 3.85. The van der Waals surface area contributed by atoms with E-state index in [0.717, 1.165) is 0 Å². The molecule has 0 radical (unpaired) electrons. The highest BCUT2D eigenvalue weighted by atomic mass is 16.4. The predicted molar refractivity (Wildman–Crippen MR) is 57.1 cm³/mol. The largest absolute Gasteiger partial charge is 0.480 e. The molecule has 1 aromatic rings. The van der Waals surface area contributed by atoms with Crippen LogP contribution in [0.5, 0.6) is 0 Å². The van der Waals surface area contributed by atoms with E-state index in [4.69, 9.17) is 9.52 Å². The number of carboxylic acids is 1. The quantitative estimate of drug-likeness (QED) is 0.798. The highest BCUT2D eigenvalue weighted by Gasteiger charge is 2.34. The van der Waals surface area contributed by atoms with E-state index in [1.807, 2.05) is 6.92 Å². The summed E-state index contributed by atoms with van der Waals surface area (Å²) in [4.78, 5) is 22.7. The van der Waals surface area contributed by atoms with Gasteiger partial charge in [-0.3, -0.25) is 4.79 Å². The summed E-state index contributed by atoms with van der Waals surface area (Å²) in [6.07, 6.45) is 3.71. The van der Waals surface area contributed by atoms with Crippen LogP contribution in [0.15, 0.2) is 23.0 Å². The lowest BCUT2D eigenvalue weighted by molar-refractivity contribution is -0.144. The third-order valence-corrected chi connectivity index (χ3v) is 2.39. The van der Waals surface area contributed by atoms with Crippen LogP contribution < -0.4 is 5.32 Å². The maximum atomic E-state index is 11.7. The van der Waals surface area contributed by atoms with Crippen LogP contribution in [0.2, 0.25) is 0 Å². The van der Waals surface area contributed by atoms with Gasteiger partial charge in [-0.15, -0.1) is 0 Å². The lowest BCUT2D eigenvalue weighted by Gasteiger charge is -2.25. The summed E-state index contributed by atoms with van der Waals surface area (Å²) in [6, 6.07) is 1.49. The van der Waals surface area contributed by atoms with Crippen molar-refractivity contribution in [2.24, 2.45) is 0 Å². The van der Waals surface area contributed by atoms with Gasteiger partial charge in [0.25, 0.3) is 5.91 Å². The van der Waals surface area contributed by atoms with Crippen molar-refractivity contribution in [3.8, 4) is 0 Å². The van der Waals surface area contributed by atoms with Crippen LogP contribution in [0, 0.1) is 0 Å². The van der Waals surface area contributed by atoms with E-state index in [2.05, 4.69) is 5.32 Å². The fourth-order valence-corrected chi connectivity index (χ4v) is 1.44. The highest BCUT2D eigenvalue weighted by Crippen LogP contribution is 2.14. The van der Waals surface area contributed by atoms with E-state index in [9.17, 15) is 9.59 Å². The summed E-state index contributed by atoms with van der Waals surface area (Å²) in [6.45, 7) is 3.36. The van der Waals surface area contributed by atoms with Crippen molar-refractivity contribution >= 4 is 11.9 Å². The topological polar surface area (TPSA) is 79.5 Å². The molecule has 5 nitrogen and oxygen atoms in total. The molecule has 16 heavy (non-hydrogen) atoms. The van der Waals surface area contributed by atoms with Crippen LogP contribution in [0.3, 0.4) is 0 Å². The first-order valence-corrected chi connectivity index (χ1v) is 5.07. The number of carbonyl (C=O) groups excluding carboxylic acids is 1. The normalized spacial score (nSPS) is 14.1. The van der Waals surface area contributed by atoms with Crippen molar-refractivity contribution in [2.45, 2.75) is 32.2 Å². The lowest BCUT2D eigenvalue weighted by Crippen LogP contribution is -2.52. The predicted octanol–water partition coefficient (Wildman–Crippen LogP) is 1.65. The maximum Gasteiger partial charge on any atom is 0.329 e. The van der Waals surface area contributed by atoms with Gasteiger partial charge in [0, 0.05) is 0 Å². The fraction of sp³-hybridized carbons (Fsp3) is 0.455. The monoisotopic (exact) mass is 225 g/mol. The van der Waals surface area contributed by atoms with Gasteiger partial charge in [0.15, 0.2) is 0 Å². The molecule has 0 aliphatic carbocycles. The first kappa shape index (κ1) is 12.3. The lowest BCUT2D eigenvalue weighted by atomic mass is 9.96. The SMILES string of the molecule is CCC[C@](C)(NC(=O)c1ccoc1)C(=O)O. The van der Waals surface area contributed by atoms with Gasteiger partial charge in [-0.1, -0.05) is 13.3 Å². The van der Waals surface area contributed by atoms with Crippen LogP contribution in [-0.4, -0.2) is 22.5 Å². The van der Waals surface area contributed by atoms with E-state index in [1.165, 1.54) is 25.5 Å². The zero-order valence-electron chi connectivity index (χ0n) is 9.32. The molecule has 0 spiro atoms. The van der Waals surface area contributed by atoms with Crippen LogP contribution in [-0.2, 0) is 4.79 Å². The Hall–Kier alpha value is -1.78. The van der Waals surface area contributed by atoms with Crippen molar-refractivity contribution in [2.75, 3.05) is 0 Å². The second kappa shape index (κ2) is 4.83. The highest BCUT2D eigenvalue weighted by molar-refractivity contribution is 5.97. The summed E-state index contributed by atoms with van der Waals surface area (Å²) < 4.78 is 4.76. The third-order valence-electron chi connectivity index (χ3n) is 2.39. The molecule has 0 aliphatic heterocycles. The number of nitrogens with one attached hydrogen (secondary N) is 1. The van der Waals surface area contributed by atoms with Crippen LogP contribution in [0.25, 0.3) is 0 Å². The third kappa shape index (κ3) is 2.62. The number of carbonyl (C=O) groups is 2. The molecule has 1 amide bonds. The van der Waals surface area contributed by atoms with Crippen molar-refractivity contribution in [3.05, 3.63) is 24.2 Å². The first-order chi connectivity index (χ1) is 7.49. The first-order valence-electron chi connectivity index (χ1n) is 5.07. The van der Waals surface area contributed by atoms with Gasteiger partial charge in [-0.2, -0.15) is 0 Å². The molecule has 88 valence electrons. The van der Waals surface area contributed by atoms with Crippen molar-refractivity contribution < 1.29 is 19.1 Å². The Morgan fingerprint density at radius 3 is 2.69 bits per heavy atom. The Labute approximate surface area is 93.4 Å². The van der Waals surface area contributed by atoms with Crippen molar-refractivity contribution in [1.29, 1.82) is 0 Å². The number of amides is 1. The fourth-order valence-electron chi connectivity index (χ4n) is 1.44. The molecule has 0 saturated heterocycles. The van der Waals surface area contributed by atoms with Gasteiger partial charge in [-0.25, -0.2) is 4.79 Å². The average Bonchev–Trinajstić information content (AvgIpc) is 2.70. The smallest absolute Gasteiger partial charge is 0.329 e. The van der Waals surface area contributed by atoms with Crippen LogP contribution in [0.4, 0.5) is 0 Å². The summed E-state index contributed by atoms with van der Waals surface area (Å²) in [5.74, 6) is -1.47. The second-order valence-corrected chi connectivity index (χ2v) is 3.85. The summed E-state index contributed by atoms with van der Waals surface area (Å²) in [5, 5.41) is 11.6. The van der Waals surface area contributed by atoms with Crippen LogP contribution in [0.1, 0.15) is 37.0 Å². The molecule has 0 aromatic carbocycles. The Morgan fingerprint density at radius 1 is 1.56 bits per heavy atom. The molecule has 0 fully saturated rings. The zero-order valence-corrected chi connectivity index (χ0v) is 9.32. The Balaban J connectivity index is 2.77. The summed E-state index contributed by atoms with van der Waals surface area (Å²) in [7, 11) is 0. The van der Waals surface area contributed by atoms with Crippen molar-refractivity contribution in [1.82, 2.24) is 5.32 Å². The molecule has 2 N–H and O–H groups in total. The van der Waals surface area contributed by atoms with Crippen LogP contribution >= 0.6 is 0 Å². The molecule has 1 rings (SSSR count).